The number of amides is 1. The van der Waals surface area contributed by atoms with Crippen molar-refractivity contribution in [1.29, 1.82) is 0 Å². The number of hydrogen-bond acceptors (Lipinski definition) is 2. The van der Waals surface area contributed by atoms with Crippen molar-refractivity contribution in [3.05, 3.63) is 35.9 Å². The van der Waals surface area contributed by atoms with Crippen LogP contribution in [-0.2, 0) is 11.2 Å². The van der Waals surface area contributed by atoms with E-state index in [0.29, 0.717) is 6.42 Å². The Balaban J connectivity index is 2.10. The summed E-state index contributed by atoms with van der Waals surface area (Å²) in [5, 5.41) is 1.68. The number of rotatable bonds is 6. The third-order valence-electron chi connectivity index (χ3n) is 2.31. The lowest BCUT2D eigenvalue weighted by molar-refractivity contribution is -0.124. The Morgan fingerprint density at radius 1 is 1.19 bits per heavy atom. The molecule has 1 N–H and O–H groups in total. The molecule has 1 aromatic carbocycles. The quantitative estimate of drug-likeness (QED) is 0.587. The van der Waals surface area contributed by atoms with Crippen molar-refractivity contribution in [1.82, 2.24) is 10.4 Å². The number of carbonyl (C=O) groups excluding carboxylic acids is 1. The molecular formula is C13H20N2O. The molecular weight excluding hydrogens is 200 g/mol. The third kappa shape index (κ3) is 5.51. The van der Waals surface area contributed by atoms with Gasteiger partial charge in [0.2, 0.25) is 5.91 Å². The normalized spacial score (nSPS) is 10.4. The second-order valence-electron chi connectivity index (χ2n) is 4.12. The summed E-state index contributed by atoms with van der Waals surface area (Å²) in [4.78, 5) is 11.3. The van der Waals surface area contributed by atoms with Crippen LogP contribution in [0.3, 0.4) is 0 Å². The Labute approximate surface area is 97.4 Å². The molecule has 0 bridgehead atoms. The van der Waals surface area contributed by atoms with Gasteiger partial charge in [0.1, 0.15) is 0 Å². The summed E-state index contributed by atoms with van der Waals surface area (Å²) in [5.41, 5.74) is 4.08. The Kier molecular flexibility index (Phi) is 5.57. The zero-order valence-electron chi connectivity index (χ0n) is 10.1. The number of nitrogens with zero attached hydrogens (tertiary/aromatic N) is 1. The number of unbranched alkanes of at least 4 members (excludes halogenated alkanes) is 1. The van der Waals surface area contributed by atoms with Crippen molar-refractivity contribution in [3.8, 4) is 0 Å². The highest BCUT2D eigenvalue weighted by atomic mass is 16.2. The molecule has 0 heterocycles. The van der Waals surface area contributed by atoms with E-state index in [2.05, 4.69) is 17.6 Å². The van der Waals surface area contributed by atoms with E-state index in [9.17, 15) is 4.79 Å². The molecule has 0 aromatic heterocycles. The van der Waals surface area contributed by atoms with Gasteiger partial charge in [0, 0.05) is 20.5 Å². The summed E-state index contributed by atoms with van der Waals surface area (Å²) < 4.78 is 0. The van der Waals surface area contributed by atoms with E-state index in [4.69, 9.17) is 0 Å². The Morgan fingerprint density at radius 3 is 2.50 bits per heavy atom. The van der Waals surface area contributed by atoms with Crippen LogP contribution < -0.4 is 5.43 Å². The molecule has 0 aliphatic rings. The first-order chi connectivity index (χ1) is 7.68. The molecule has 88 valence electrons. The van der Waals surface area contributed by atoms with Crippen LogP contribution in [0.4, 0.5) is 0 Å². The van der Waals surface area contributed by atoms with Gasteiger partial charge in [-0.2, -0.15) is 0 Å². The Morgan fingerprint density at radius 2 is 1.88 bits per heavy atom. The molecule has 0 radical (unpaired) electrons. The standard InChI is InChI=1S/C13H20N2O/c1-15(2)14-13(16)11-7-6-10-12-8-4-3-5-9-12/h3-5,8-9H,6-7,10-11H2,1-2H3,(H,14,16). The topological polar surface area (TPSA) is 32.3 Å². The number of hydrazine groups is 1. The first kappa shape index (κ1) is 12.7. The number of nitrogens with one attached hydrogen (secondary N) is 1. The van der Waals surface area contributed by atoms with Gasteiger partial charge in [-0.15, -0.1) is 0 Å². The minimum absolute atomic E-state index is 0.0954. The minimum atomic E-state index is 0.0954. The summed E-state index contributed by atoms with van der Waals surface area (Å²) in [6, 6.07) is 10.4. The third-order valence-corrected chi connectivity index (χ3v) is 2.31. The molecule has 1 aromatic rings. The van der Waals surface area contributed by atoms with Crippen LogP contribution in [-0.4, -0.2) is 25.0 Å². The zero-order chi connectivity index (χ0) is 11.8. The van der Waals surface area contributed by atoms with Crippen molar-refractivity contribution < 1.29 is 4.79 Å². The van der Waals surface area contributed by atoms with Gasteiger partial charge in [0.15, 0.2) is 0 Å². The van der Waals surface area contributed by atoms with Gasteiger partial charge in [-0.3, -0.25) is 10.2 Å². The second kappa shape index (κ2) is 7.01. The summed E-state index contributed by atoms with van der Waals surface area (Å²) >= 11 is 0. The van der Waals surface area contributed by atoms with Crippen molar-refractivity contribution >= 4 is 5.91 Å². The van der Waals surface area contributed by atoms with Crippen molar-refractivity contribution in [2.24, 2.45) is 0 Å². The monoisotopic (exact) mass is 220 g/mol. The molecule has 0 unspecified atom stereocenters. The van der Waals surface area contributed by atoms with Gasteiger partial charge >= 0.3 is 0 Å². The highest BCUT2D eigenvalue weighted by molar-refractivity contribution is 5.75. The summed E-state index contributed by atoms with van der Waals surface area (Å²) in [5.74, 6) is 0.0954. The number of aryl methyl sites for hydroxylation is 1. The fraction of sp³-hybridized carbons (Fsp3) is 0.462. The average Bonchev–Trinajstić information content (AvgIpc) is 2.25. The van der Waals surface area contributed by atoms with E-state index in [1.807, 2.05) is 32.3 Å². The van der Waals surface area contributed by atoms with Crippen molar-refractivity contribution in [2.75, 3.05) is 14.1 Å². The van der Waals surface area contributed by atoms with E-state index in [-0.39, 0.29) is 5.91 Å². The first-order valence-electron chi connectivity index (χ1n) is 5.69. The van der Waals surface area contributed by atoms with Crippen LogP contribution in [0.5, 0.6) is 0 Å². The summed E-state index contributed by atoms with van der Waals surface area (Å²) in [6.45, 7) is 0. The minimum Gasteiger partial charge on any atom is -0.289 e. The molecule has 0 aliphatic heterocycles. The van der Waals surface area contributed by atoms with Crippen LogP contribution in [0.15, 0.2) is 30.3 Å². The van der Waals surface area contributed by atoms with E-state index < -0.39 is 0 Å². The van der Waals surface area contributed by atoms with E-state index in [1.54, 1.807) is 5.01 Å². The molecule has 0 saturated heterocycles. The Hall–Kier alpha value is -1.35. The maximum atomic E-state index is 11.3. The second-order valence-corrected chi connectivity index (χ2v) is 4.12. The van der Waals surface area contributed by atoms with E-state index >= 15 is 0 Å². The van der Waals surface area contributed by atoms with E-state index in [1.165, 1.54) is 5.56 Å². The first-order valence-corrected chi connectivity index (χ1v) is 5.69. The fourth-order valence-corrected chi connectivity index (χ4v) is 1.56. The predicted octanol–water partition coefficient (Wildman–Crippen LogP) is 1.99. The number of benzene rings is 1. The van der Waals surface area contributed by atoms with Crippen LogP contribution in [0.2, 0.25) is 0 Å². The SMILES string of the molecule is CN(C)NC(=O)CCCCc1ccccc1. The zero-order valence-corrected chi connectivity index (χ0v) is 10.1. The molecule has 16 heavy (non-hydrogen) atoms. The molecule has 0 aliphatic carbocycles. The lowest BCUT2D eigenvalue weighted by Crippen LogP contribution is -2.35. The van der Waals surface area contributed by atoms with Crippen LogP contribution in [0.1, 0.15) is 24.8 Å². The van der Waals surface area contributed by atoms with Crippen LogP contribution in [0.25, 0.3) is 0 Å². The summed E-state index contributed by atoms with van der Waals surface area (Å²) in [6.07, 6.45) is 3.65. The van der Waals surface area contributed by atoms with Crippen LogP contribution in [0, 0.1) is 0 Å². The highest BCUT2D eigenvalue weighted by Gasteiger charge is 2.01. The highest BCUT2D eigenvalue weighted by Crippen LogP contribution is 2.05. The lowest BCUT2D eigenvalue weighted by Gasteiger charge is -2.11. The number of hydrogen-bond donors (Lipinski definition) is 1. The smallest absolute Gasteiger partial charge is 0.234 e. The molecule has 0 atom stereocenters. The van der Waals surface area contributed by atoms with E-state index in [0.717, 1.165) is 19.3 Å². The van der Waals surface area contributed by atoms with Gasteiger partial charge in [-0.25, -0.2) is 5.01 Å². The maximum absolute atomic E-state index is 11.3. The predicted molar refractivity (Wildman–Crippen MR) is 65.8 cm³/mol. The largest absolute Gasteiger partial charge is 0.289 e. The molecule has 3 heteroatoms. The molecule has 3 nitrogen and oxygen atoms in total. The van der Waals surface area contributed by atoms with Crippen LogP contribution >= 0.6 is 0 Å². The molecule has 0 saturated carbocycles. The molecule has 1 amide bonds. The van der Waals surface area contributed by atoms with Gasteiger partial charge in [0.05, 0.1) is 0 Å². The maximum Gasteiger partial charge on any atom is 0.234 e. The molecule has 0 spiro atoms. The van der Waals surface area contributed by atoms with Gasteiger partial charge in [-0.05, 0) is 24.8 Å². The van der Waals surface area contributed by atoms with Crippen molar-refractivity contribution in [2.45, 2.75) is 25.7 Å². The average molecular weight is 220 g/mol. The van der Waals surface area contributed by atoms with Gasteiger partial charge in [-0.1, -0.05) is 30.3 Å². The molecule has 1 rings (SSSR count). The lowest BCUT2D eigenvalue weighted by atomic mass is 10.1. The van der Waals surface area contributed by atoms with Gasteiger partial charge in [0.25, 0.3) is 0 Å². The van der Waals surface area contributed by atoms with Crippen molar-refractivity contribution in [3.63, 3.8) is 0 Å². The molecule has 0 fully saturated rings. The Bertz CT molecular complexity index is 309. The number of carbonyl (C=O) groups is 1. The van der Waals surface area contributed by atoms with Gasteiger partial charge < -0.3 is 0 Å². The fourth-order valence-electron chi connectivity index (χ4n) is 1.56. The summed E-state index contributed by atoms with van der Waals surface area (Å²) in [7, 11) is 3.64.